The summed E-state index contributed by atoms with van der Waals surface area (Å²) in [5.41, 5.74) is 0.864. The fraction of sp³-hybridized carbons (Fsp3) is 0.308. The molecule has 0 radical (unpaired) electrons. The predicted molar refractivity (Wildman–Crippen MR) is 76.3 cm³/mol. The number of aryl methyl sites for hydroxylation is 1. The van der Waals surface area contributed by atoms with Crippen LogP contribution in [0.1, 0.15) is 24.8 Å². The van der Waals surface area contributed by atoms with Gasteiger partial charge in [0.05, 0.1) is 9.99 Å². The van der Waals surface area contributed by atoms with Gasteiger partial charge in [-0.2, -0.15) is 0 Å². The zero-order valence-electron chi connectivity index (χ0n) is 10.5. The molecule has 0 bridgehead atoms. The molecule has 1 heterocycles. The molecule has 1 N–H and O–H groups in total. The summed E-state index contributed by atoms with van der Waals surface area (Å²) in [6, 6.07) is 5.02. The number of phenolic OH excluding ortho intramolecular Hbond substituents is 1. The number of phenols is 1. The van der Waals surface area contributed by atoms with Crippen molar-refractivity contribution in [2.24, 2.45) is 0 Å². The molecule has 0 saturated carbocycles. The summed E-state index contributed by atoms with van der Waals surface area (Å²) in [6.07, 6.45) is 0.633. The number of imide groups is 1. The van der Waals surface area contributed by atoms with Crippen LogP contribution in [0.4, 0.5) is 0 Å². The van der Waals surface area contributed by atoms with Gasteiger partial charge in [-0.1, -0.05) is 6.07 Å². The number of aromatic hydroxyl groups is 1. The van der Waals surface area contributed by atoms with Crippen molar-refractivity contribution in [3.8, 4) is 5.75 Å². The minimum Gasteiger partial charge on any atom is -0.507 e. The van der Waals surface area contributed by atoms with E-state index in [1.54, 1.807) is 18.2 Å². The lowest BCUT2D eigenvalue weighted by molar-refractivity contribution is -0.197. The van der Waals surface area contributed by atoms with Gasteiger partial charge in [0.1, 0.15) is 5.75 Å². The predicted octanol–water partition coefficient (Wildman–Crippen LogP) is 1.54. The van der Waals surface area contributed by atoms with E-state index in [4.69, 9.17) is 4.84 Å². The van der Waals surface area contributed by atoms with Gasteiger partial charge in [0.2, 0.25) is 0 Å². The van der Waals surface area contributed by atoms with E-state index in [9.17, 15) is 19.5 Å². The fourth-order valence-electron chi connectivity index (χ4n) is 1.76. The Balaban J connectivity index is 1.87. The Bertz CT molecular complexity index is 556. The maximum absolute atomic E-state index is 11.6. The Morgan fingerprint density at radius 3 is 2.55 bits per heavy atom. The minimum atomic E-state index is -0.628. The van der Waals surface area contributed by atoms with Crippen LogP contribution in [0.15, 0.2) is 18.2 Å². The highest BCUT2D eigenvalue weighted by Crippen LogP contribution is 2.21. The third kappa shape index (κ3) is 3.47. The molecule has 2 rings (SSSR count). The zero-order valence-corrected chi connectivity index (χ0v) is 12.6. The maximum atomic E-state index is 11.6. The number of halogens is 1. The molecule has 1 aromatic carbocycles. The van der Waals surface area contributed by atoms with Crippen LogP contribution in [0.25, 0.3) is 0 Å². The molecule has 6 nitrogen and oxygen atoms in total. The fourth-order valence-corrected chi connectivity index (χ4v) is 2.34. The molecule has 1 aromatic rings. The van der Waals surface area contributed by atoms with Gasteiger partial charge in [0, 0.05) is 12.8 Å². The van der Waals surface area contributed by atoms with Gasteiger partial charge in [0.15, 0.2) is 0 Å². The lowest BCUT2D eigenvalue weighted by atomic mass is 10.1. The molecule has 7 heteroatoms. The number of carbonyl (C=O) groups excluding carboxylic acids is 3. The van der Waals surface area contributed by atoms with Crippen LogP contribution < -0.4 is 0 Å². The number of benzene rings is 1. The average Bonchev–Trinajstić information content (AvgIpc) is 2.72. The van der Waals surface area contributed by atoms with Crippen LogP contribution in [0.2, 0.25) is 0 Å². The van der Waals surface area contributed by atoms with Crippen molar-refractivity contribution in [1.29, 1.82) is 0 Å². The van der Waals surface area contributed by atoms with Gasteiger partial charge in [-0.25, -0.2) is 4.79 Å². The SMILES string of the molecule is O=C(CCc1ccc(O)c(I)c1)ON1C(=O)CCC1=O. The van der Waals surface area contributed by atoms with Crippen molar-refractivity contribution < 1.29 is 24.3 Å². The van der Waals surface area contributed by atoms with Crippen LogP contribution in [0.3, 0.4) is 0 Å². The Labute approximate surface area is 128 Å². The standard InChI is InChI=1S/C13H12INO5/c14-9-7-8(1-3-10(9)16)2-6-13(19)20-15-11(17)4-5-12(15)18/h1,3,7,16H,2,4-6H2. The molecule has 1 aliphatic rings. The molecule has 20 heavy (non-hydrogen) atoms. The summed E-state index contributed by atoms with van der Waals surface area (Å²) < 4.78 is 0.693. The van der Waals surface area contributed by atoms with Gasteiger partial charge in [-0.15, -0.1) is 5.06 Å². The second-order valence-corrected chi connectivity index (χ2v) is 5.49. The van der Waals surface area contributed by atoms with Crippen molar-refractivity contribution in [2.45, 2.75) is 25.7 Å². The van der Waals surface area contributed by atoms with E-state index in [1.807, 2.05) is 22.6 Å². The first-order chi connectivity index (χ1) is 9.47. The van der Waals surface area contributed by atoms with Gasteiger partial charge < -0.3 is 9.94 Å². The summed E-state index contributed by atoms with van der Waals surface area (Å²) in [6.45, 7) is 0. The molecule has 0 spiro atoms. The number of amides is 2. The lowest BCUT2D eigenvalue weighted by Gasteiger charge is -2.12. The van der Waals surface area contributed by atoms with E-state index in [1.165, 1.54) is 0 Å². The highest BCUT2D eigenvalue weighted by atomic mass is 127. The van der Waals surface area contributed by atoms with Crippen LogP contribution in [0.5, 0.6) is 5.75 Å². The maximum Gasteiger partial charge on any atom is 0.333 e. The van der Waals surface area contributed by atoms with Crippen molar-refractivity contribution >= 4 is 40.4 Å². The smallest absolute Gasteiger partial charge is 0.333 e. The molecule has 1 aliphatic heterocycles. The first kappa shape index (κ1) is 14.8. The third-order valence-corrected chi connectivity index (χ3v) is 3.69. The van der Waals surface area contributed by atoms with Gasteiger partial charge in [-0.05, 0) is 46.7 Å². The number of hydroxylamine groups is 2. The molecule has 0 aromatic heterocycles. The topological polar surface area (TPSA) is 83.9 Å². The van der Waals surface area contributed by atoms with Gasteiger partial charge in [-0.3, -0.25) is 9.59 Å². The van der Waals surface area contributed by atoms with Crippen molar-refractivity contribution in [3.63, 3.8) is 0 Å². The van der Waals surface area contributed by atoms with Crippen molar-refractivity contribution in [3.05, 3.63) is 27.3 Å². The average molecular weight is 389 g/mol. The van der Waals surface area contributed by atoms with E-state index < -0.39 is 17.8 Å². The van der Waals surface area contributed by atoms with Crippen LogP contribution in [-0.2, 0) is 25.6 Å². The number of carbonyl (C=O) groups is 3. The molecule has 0 aliphatic carbocycles. The number of rotatable bonds is 4. The molecule has 0 atom stereocenters. The quantitative estimate of drug-likeness (QED) is 0.624. The molecule has 106 valence electrons. The monoisotopic (exact) mass is 389 g/mol. The lowest BCUT2D eigenvalue weighted by Crippen LogP contribution is -2.32. The highest BCUT2D eigenvalue weighted by Gasteiger charge is 2.32. The Morgan fingerprint density at radius 1 is 1.30 bits per heavy atom. The van der Waals surface area contributed by atoms with Crippen molar-refractivity contribution in [1.82, 2.24) is 5.06 Å². The van der Waals surface area contributed by atoms with E-state index in [0.717, 1.165) is 5.56 Å². The van der Waals surface area contributed by atoms with Gasteiger partial charge in [0.25, 0.3) is 11.8 Å². The zero-order chi connectivity index (χ0) is 14.7. The largest absolute Gasteiger partial charge is 0.507 e. The van der Waals surface area contributed by atoms with Crippen LogP contribution >= 0.6 is 22.6 Å². The Hall–Kier alpha value is -1.64. The van der Waals surface area contributed by atoms with Crippen LogP contribution in [0, 0.1) is 3.57 Å². The second kappa shape index (κ2) is 6.21. The minimum absolute atomic E-state index is 0.0535. The van der Waals surface area contributed by atoms with E-state index in [2.05, 4.69) is 0 Å². The van der Waals surface area contributed by atoms with Crippen molar-refractivity contribution in [2.75, 3.05) is 0 Å². The molecular weight excluding hydrogens is 377 g/mol. The second-order valence-electron chi connectivity index (χ2n) is 4.33. The molecule has 2 amide bonds. The summed E-state index contributed by atoms with van der Waals surface area (Å²) in [5.74, 6) is -1.41. The number of nitrogens with zero attached hydrogens (tertiary/aromatic N) is 1. The first-order valence-corrected chi connectivity index (χ1v) is 7.09. The number of hydrogen-bond donors (Lipinski definition) is 1. The summed E-state index contributed by atoms with van der Waals surface area (Å²) >= 11 is 1.99. The summed E-state index contributed by atoms with van der Waals surface area (Å²) in [5, 5.41) is 9.93. The summed E-state index contributed by atoms with van der Waals surface area (Å²) in [7, 11) is 0. The van der Waals surface area contributed by atoms with E-state index in [0.29, 0.717) is 15.1 Å². The molecular formula is C13H12INO5. The number of hydrogen-bond acceptors (Lipinski definition) is 5. The molecule has 1 fully saturated rings. The highest BCUT2D eigenvalue weighted by molar-refractivity contribution is 14.1. The normalized spacial score (nSPS) is 14.8. The van der Waals surface area contributed by atoms with E-state index in [-0.39, 0.29) is 25.0 Å². The Morgan fingerprint density at radius 2 is 1.95 bits per heavy atom. The van der Waals surface area contributed by atoms with E-state index >= 15 is 0 Å². The van der Waals surface area contributed by atoms with Gasteiger partial charge >= 0.3 is 5.97 Å². The molecule has 1 saturated heterocycles. The Kier molecular flexibility index (Phi) is 4.58. The first-order valence-electron chi connectivity index (χ1n) is 6.01. The summed E-state index contributed by atoms with van der Waals surface area (Å²) in [4.78, 5) is 38.9. The molecule has 0 unspecified atom stereocenters. The third-order valence-electron chi connectivity index (χ3n) is 2.83. The van der Waals surface area contributed by atoms with Crippen LogP contribution in [-0.4, -0.2) is 28.0 Å².